The van der Waals surface area contributed by atoms with Crippen molar-refractivity contribution in [3.63, 3.8) is 0 Å². The summed E-state index contributed by atoms with van der Waals surface area (Å²) in [6.45, 7) is 12.1. The molecule has 1 aromatic rings. The molecule has 0 fully saturated rings. The fourth-order valence-corrected chi connectivity index (χ4v) is 2.40. The molecule has 1 rings (SSSR count). The highest BCUT2D eigenvalue weighted by molar-refractivity contribution is 5.31. The van der Waals surface area contributed by atoms with Crippen LogP contribution < -0.4 is 10.1 Å². The lowest BCUT2D eigenvalue weighted by Gasteiger charge is -2.27. The molecule has 0 aliphatic heterocycles. The van der Waals surface area contributed by atoms with E-state index in [2.05, 4.69) is 37.4 Å². The van der Waals surface area contributed by atoms with Crippen molar-refractivity contribution in [1.82, 2.24) is 5.32 Å². The maximum atomic E-state index is 5.88. The van der Waals surface area contributed by atoms with Gasteiger partial charge in [-0.3, -0.25) is 0 Å². The highest BCUT2D eigenvalue weighted by Crippen LogP contribution is 2.25. The van der Waals surface area contributed by atoms with Crippen LogP contribution in [0.4, 0.5) is 0 Å². The molecule has 0 spiro atoms. The molecule has 0 amide bonds. The van der Waals surface area contributed by atoms with Crippen LogP contribution in [0.3, 0.4) is 0 Å². The van der Waals surface area contributed by atoms with Crippen molar-refractivity contribution in [2.45, 2.75) is 59.3 Å². The molecule has 3 heteroatoms. The van der Waals surface area contributed by atoms with Gasteiger partial charge in [0.05, 0.1) is 18.2 Å². The number of likely N-dealkylation sites (N-methyl/N-ethyl adjacent to an activating group) is 1. The summed E-state index contributed by atoms with van der Waals surface area (Å²) in [6, 6.07) is 8.53. The molecule has 0 saturated carbocycles. The third-order valence-electron chi connectivity index (χ3n) is 3.17. The van der Waals surface area contributed by atoms with Crippen LogP contribution in [-0.2, 0) is 4.74 Å². The molecular weight excluding hydrogens is 250 g/mol. The Morgan fingerprint density at radius 3 is 2.45 bits per heavy atom. The Bertz CT molecular complexity index is 379. The van der Waals surface area contributed by atoms with Crippen molar-refractivity contribution >= 4 is 0 Å². The van der Waals surface area contributed by atoms with Crippen LogP contribution >= 0.6 is 0 Å². The summed E-state index contributed by atoms with van der Waals surface area (Å²) in [6.07, 6.45) is 1.37. The van der Waals surface area contributed by atoms with Crippen LogP contribution in [0.15, 0.2) is 24.3 Å². The summed E-state index contributed by atoms with van der Waals surface area (Å²) < 4.78 is 11.7. The average Bonchev–Trinajstić information content (AvgIpc) is 2.42. The van der Waals surface area contributed by atoms with Gasteiger partial charge in [0.2, 0.25) is 0 Å². The van der Waals surface area contributed by atoms with E-state index in [4.69, 9.17) is 9.47 Å². The molecule has 0 bridgehead atoms. The lowest BCUT2D eigenvalue weighted by Crippen LogP contribution is -2.33. The lowest BCUT2D eigenvalue weighted by molar-refractivity contribution is 0.0317. The zero-order valence-electron chi connectivity index (χ0n) is 13.5. The lowest BCUT2D eigenvalue weighted by atomic mass is 9.99. The summed E-state index contributed by atoms with van der Waals surface area (Å²) in [7, 11) is 0. The number of benzene rings is 1. The van der Waals surface area contributed by atoms with E-state index >= 15 is 0 Å². The molecule has 20 heavy (non-hydrogen) atoms. The molecule has 0 saturated heterocycles. The quantitative estimate of drug-likeness (QED) is 0.742. The monoisotopic (exact) mass is 279 g/mol. The average molecular weight is 279 g/mol. The Labute approximate surface area is 123 Å². The fraction of sp³-hybridized carbons (Fsp3) is 0.647. The van der Waals surface area contributed by atoms with Gasteiger partial charge in [-0.15, -0.1) is 0 Å². The summed E-state index contributed by atoms with van der Waals surface area (Å²) in [5.41, 5.74) is 1.23. The van der Waals surface area contributed by atoms with Crippen molar-refractivity contribution in [1.29, 1.82) is 0 Å². The highest BCUT2D eigenvalue weighted by Gasteiger charge is 2.21. The first-order valence-corrected chi connectivity index (χ1v) is 7.73. The molecule has 3 nitrogen and oxygen atoms in total. The fourth-order valence-electron chi connectivity index (χ4n) is 2.40. The Hall–Kier alpha value is -1.06. The molecule has 1 aromatic carbocycles. The summed E-state index contributed by atoms with van der Waals surface area (Å²) in [5.74, 6) is 0.923. The minimum absolute atomic E-state index is 0.189. The Balaban J connectivity index is 2.95. The highest BCUT2D eigenvalue weighted by atomic mass is 16.5. The van der Waals surface area contributed by atoms with E-state index in [-0.39, 0.29) is 18.2 Å². The van der Waals surface area contributed by atoms with Crippen LogP contribution in [0.1, 0.15) is 52.6 Å². The van der Waals surface area contributed by atoms with Crippen LogP contribution in [-0.4, -0.2) is 25.4 Å². The molecule has 0 aliphatic carbocycles. The second-order valence-corrected chi connectivity index (χ2v) is 5.18. The van der Waals surface area contributed by atoms with Gasteiger partial charge >= 0.3 is 0 Å². The Morgan fingerprint density at radius 2 is 1.90 bits per heavy atom. The van der Waals surface area contributed by atoms with Crippen LogP contribution in [0.2, 0.25) is 0 Å². The summed E-state index contributed by atoms with van der Waals surface area (Å²) in [4.78, 5) is 0. The maximum absolute atomic E-state index is 5.88. The number of hydrogen-bond acceptors (Lipinski definition) is 3. The van der Waals surface area contributed by atoms with E-state index in [1.54, 1.807) is 0 Å². The SMILES string of the molecule is CCNC(c1cccc(OC(C)C)c1)C(CC)OCC. The summed E-state index contributed by atoms with van der Waals surface area (Å²) >= 11 is 0. The minimum atomic E-state index is 0.189. The predicted octanol–water partition coefficient (Wildman–Crippen LogP) is 3.94. The first kappa shape index (κ1) is 17.0. The van der Waals surface area contributed by atoms with Gasteiger partial charge in [0, 0.05) is 6.61 Å². The minimum Gasteiger partial charge on any atom is -0.491 e. The first-order valence-electron chi connectivity index (χ1n) is 7.73. The van der Waals surface area contributed by atoms with E-state index in [1.165, 1.54) is 5.56 Å². The molecule has 0 radical (unpaired) electrons. The predicted molar refractivity (Wildman–Crippen MR) is 84.3 cm³/mol. The van der Waals surface area contributed by atoms with Gasteiger partial charge in [0.1, 0.15) is 5.75 Å². The number of rotatable bonds is 9. The van der Waals surface area contributed by atoms with E-state index in [1.807, 2.05) is 26.8 Å². The van der Waals surface area contributed by atoms with Crippen LogP contribution in [0, 0.1) is 0 Å². The smallest absolute Gasteiger partial charge is 0.120 e. The van der Waals surface area contributed by atoms with Gasteiger partial charge in [0.25, 0.3) is 0 Å². The first-order chi connectivity index (χ1) is 9.62. The van der Waals surface area contributed by atoms with E-state index in [0.717, 1.165) is 25.3 Å². The molecule has 1 N–H and O–H groups in total. The standard InChI is InChI=1S/C17H29NO2/c1-6-16(19-8-3)17(18-7-2)14-10-9-11-15(12-14)20-13(4)5/h9-13,16-18H,6-8H2,1-5H3. The van der Waals surface area contributed by atoms with Gasteiger partial charge in [-0.1, -0.05) is 26.0 Å². The molecular formula is C17H29NO2. The molecule has 114 valence electrons. The van der Waals surface area contributed by atoms with E-state index in [0.29, 0.717) is 0 Å². The largest absolute Gasteiger partial charge is 0.491 e. The number of ether oxygens (including phenoxy) is 2. The van der Waals surface area contributed by atoms with Gasteiger partial charge < -0.3 is 14.8 Å². The second kappa shape index (κ2) is 8.98. The van der Waals surface area contributed by atoms with Gasteiger partial charge in [-0.05, 0) is 51.4 Å². The van der Waals surface area contributed by atoms with Crippen molar-refractivity contribution < 1.29 is 9.47 Å². The Kier molecular flexibility index (Phi) is 7.63. The number of hydrogen-bond donors (Lipinski definition) is 1. The van der Waals surface area contributed by atoms with E-state index < -0.39 is 0 Å². The molecule has 0 aromatic heterocycles. The number of nitrogens with one attached hydrogen (secondary N) is 1. The molecule has 0 heterocycles. The van der Waals surface area contributed by atoms with Crippen molar-refractivity contribution in [2.75, 3.05) is 13.2 Å². The Morgan fingerprint density at radius 1 is 1.15 bits per heavy atom. The van der Waals surface area contributed by atoms with Crippen LogP contribution in [0.5, 0.6) is 5.75 Å². The van der Waals surface area contributed by atoms with E-state index in [9.17, 15) is 0 Å². The normalized spacial score (nSPS) is 14.3. The third kappa shape index (κ3) is 5.14. The molecule has 2 unspecified atom stereocenters. The van der Waals surface area contributed by atoms with Gasteiger partial charge in [-0.2, -0.15) is 0 Å². The molecule has 0 aliphatic rings. The van der Waals surface area contributed by atoms with Crippen molar-refractivity contribution in [2.24, 2.45) is 0 Å². The third-order valence-corrected chi connectivity index (χ3v) is 3.17. The van der Waals surface area contributed by atoms with Crippen LogP contribution in [0.25, 0.3) is 0 Å². The van der Waals surface area contributed by atoms with Gasteiger partial charge in [-0.25, -0.2) is 0 Å². The topological polar surface area (TPSA) is 30.5 Å². The maximum Gasteiger partial charge on any atom is 0.120 e. The second-order valence-electron chi connectivity index (χ2n) is 5.18. The van der Waals surface area contributed by atoms with Crippen molar-refractivity contribution in [3.05, 3.63) is 29.8 Å². The molecule has 2 atom stereocenters. The van der Waals surface area contributed by atoms with Crippen molar-refractivity contribution in [3.8, 4) is 5.75 Å². The zero-order valence-corrected chi connectivity index (χ0v) is 13.5. The van der Waals surface area contributed by atoms with Gasteiger partial charge in [0.15, 0.2) is 0 Å². The zero-order chi connectivity index (χ0) is 15.0. The summed E-state index contributed by atoms with van der Waals surface area (Å²) in [5, 5.41) is 3.53.